The van der Waals surface area contributed by atoms with E-state index in [4.69, 9.17) is 9.47 Å². The van der Waals surface area contributed by atoms with Crippen LogP contribution in [0.3, 0.4) is 0 Å². The summed E-state index contributed by atoms with van der Waals surface area (Å²) in [5.74, 6) is 1.32. The molecule has 0 aliphatic carbocycles. The van der Waals surface area contributed by atoms with Crippen molar-refractivity contribution in [3.63, 3.8) is 0 Å². The summed E-state index contributed by atoms with van der Waals surface area (Å²) in [6.45, 7) is 5.56. The second kappa shape index (κ2) is 8.74. The molecule has 1 aliphatic heterocycles. The van der Waals surface area contributed by atoms with E-state index in [1.165, 1.54) is 12.5 Å². The van der Waals surface area contributed by atoms with E-state index in [1.54, 1.807) is 19.1 Å². The smallest absolute Gasteiger partial charge is 0.242 e. The Morgan fingerprint density at radius 1 is 1.16 bits per heavy atom. The number of hydrogen-bond acceptors (Lipinski definition) is 4. The highest BCUT2D eigenvalue weighted by molar-refractivity contribution is 5.84. The van der Waals surface area contributed by atoms with Crippen LogP contribution in [0.4, 0.5) is 0 Å². The lowest BCUT2D eigenvalue weighted by molar-refractivity contribution is -0.140. The predicted octanol–water partition coefficient (Wildman–Crippen LogP) is 2.24. The lowest BCUT2D eigenvalue weighted by atomic mass is 9.98. The molecule has 0 spiro atoms. The topological polar surface area (TPSA) is 59.1 Å². The lowest BCUT2D eigenvalue weighted by Gasteiger charge is -2.31. The predicted molar refractivity (Wildman–Crippen MR) is 95.8 cm³/mol. The molecule has 25 heavy (non-hydrogen) atoms. The Balaban J connectivity index is 2.08. The van der Waals surface area contributed by atoms with Crippen molar-refractivity contribution in [3.05, 3.63) is 23.3 Å². The summed E-state index contributed by atoms with van der Waals surface area (Å²) in [4.78, 5) is 27.8. The molecule has 1 aromatic rings. The van der Waals surface area contributed by atoms with Crippen LogP contribution in [0.25, 0.3) is 0 Å². The van der Waals surface area contributed by atoms with Crippen molar-refractivity contribution in [2.75, 3.05) is 33.9 Å². The zero-order valence-corrected chi connectivity index (χ0v) is 15.6. The van der Waals surface area contributed by atoms with Gasteiger partial charge < -0.3 is 19.3 Å². The van der Waals surface area contributed by atoms with Crippen molar-refractivity contribution in [1.82, 2.24) is 9.80 Å². The average Bonchev–Trinajstić information content (AvgIpc) is 2.62. The van der Waals surface area contributed by atoms with Crippen LogP contribution in [0.15, 0.2) is 12.1 Å². The first-order chi connectivity index (χ1) is 12.0. The Kier molecular flexibility index (Phi) is 6.67. The Morgan fingerprint density at radius 3 is 2.36 bits per heavy atom. The molecule has 6 heteroatoms. The van der Waals surface area contributed by atoms with Crippen molar-refractivity contribution >= 4 is 11.8 Å². The SMILES string of the molecule is CCCCN(CC(=O)N1CCc2cc(OC)c(OC)cc2C1)C(C)=O. The molecule has 0 N–H and O–H groups in total. The third kappa shape index (κ3) is 4.65. The minimum Gasteiger partial charge on any atom is -0.493 e. The fourth-order valence-corrected chi connectivity index (χ4v) is 3.06. The molecule has 0 bridgehead atoms. The monoisotopic (exact) mass is 348 g/mol. The normalized spacial score (nSPS) is 13.2. The van der Waals surface area contributed by atoms with E-state index >= 15 is 0 Å². The van der Waals surface area contributed by atoms with Crippen LogP contribution >= 0.6 is 0 Å². The largest absolute Gasteiger partial charge is 0.493 e. The molecular formula is C19H28N2O4. The van der Waals surface area contributed by atoms with Crippen LogP contribution in [-0.2, 0) is 22.6 Å². The minimum absolute atomic E-state index is 0.00765. The van der Waals surface area contributed by atoms with Gasteiger partial charge in [0.05, 0.1) is 20.8 Å². The van der Waals surface area contributed by atoms with Crippen molar-refractivity contribution in [2.45, 2.75) is 39.7 Å². The number of amides is 2. The van der Waals surface area contributed by atoms with Crippen molar-refractivity contribution in [1.29, 1.82) is 0 Å². The number of hydrogen-bond donors (Lipinski definition) is 0. The summed E-state index contributed by atoms with van der Waals surface area (Å²) in [7, 11) is 3.23. The van der Waals surface area contributed by atoms with Gasteiger partial charge in [-0.2, -0.15) is 0 Å². The maximum absolute atomic E-state index is 12.6. The number of carbonyl (C=O) groups is 2. The third-order valence-corrected chi connectivity index (χ3v) is 4.62. The molecule has 0 atom stereocenters. The highest BCUT2D eigenvalue weighted by Crippen LogP contribution is 2.33. The molecule has 0 saturated carbocycles. The summed E-state index contributed by atoms with van der Waals surface area (Å²) in [5.41, 5.74) is 2.25. The van der Waals surface area contributed by atoms with Crippen LogP contribution in [0.2, 0.25) is 0 Å². The first kappa shape index (κ1) is 19.1. The summed E-state index contributed by atoms with van der Waals surface area (Å²) in [5, 5.41) is 0. The zero-order valence-electron chi connectivity index (χ0n) is 15.6. The Bertz CT molecular complexity index is 630. The number of fused-ring (bicyclic) bond motifs is 1. The third-order valence-electron chi connectivity index (χ3n) is 4.62. The van der Waals surface area contributed by atoms with Crippen LogP contribution in [0.5, 0.6) is 11.5 Å². The van der Waals surface area contributed by atoms with Gasteiger partial charge in [0.25, 0.3) is 0 Å². The maximum atomic E-state index is 12.6. The van der Waals surface area contributed by atoms with E-state index < -0.39 is 0 Å². The number of benzene rings is 1. The number of nitrogens with zero attached hydrogens (tertiary/aromatic N) is 2. The van der Waals surface area contributed by atoms with Crippen LogP contribution in [-0.4, -0.2) is 55.5 Å². The van der Waals surface area contributed by atoms with Crippen LogP contribution in [0, 0.1) is 0 Å². The summed E-state index contributed by atoms with van der Waals surface area (Å²) < 4.78 is 10.7. The van der Waals surface area contributed by atoms with Crippen molar-refractivity contribution < 1.29 is 19.1 Å². The highest BCUT2D eigenvalue weighted by Gasteiger charge is 2.24. The van der Waals surface area contributed by atoms with Gasteiger partial charge in [-0.1, -0.05) is 13.3 Å². The first-order valence-electron chi connectivity index (χ1n) is 8.77. The average molecular weight is 348 g/mol. The van der Waals surface area contributed by atoms with Crippen molar-refractivity contribution in [3.8, 4) is 11.5 Å². The maximum Gasteiger partial charge on any atom is 0.242 e. The van der Waals surface area contributed by atoms with Gasteiger partial charge in [0.1, 0.15) is 0 Å². The van der Waals surface area contributed by atoms with E-state index in [2.05, 4.69) is 6.92 Å². The molecular weight excluding hydrogens is 320 g/mol. The van der Waals surface area contributed by atoms with E-state index in [-0.39, 0.29) is 18.4 Å². The molecule has 2 amide bonds. The lowest BCUT2D eigenvalue weighted by Crippen LogP contribution is -2.44. The Hall–Kier alpha value is -2.24. The molecule has 1 aromatic carbocycles. The fourth-order valence-electron chi connectivity index (χ4n) is 3.06. The molecule has 138 valence electrons. The van der Waals surface area contributed by atoms with Gasteiger partial charge >= 0.3 is 0 Å². The number of unbranched alkanes of at least 4 members (excludes halogenated alkanes) is 1. The van der Waals surface area contributed by atoms with Crippen LogP contribution in [0.1, 0.15) is 37.8 Å². The van der Waals surface area contributed by atoms with E-state index in [1.807, 2.05) is 17.0 Å². The molecule has 0 fully saturated rings. The van der Waals surface area contributed by atoms with Gasteiger partial charge in [0.2, 0.25) is 11.8 Å². The molecule has 0 radical (unpaired) electrons. The van der Waals surface area contributed by atoms with Gasteiger partial charge in [-0.15, -0.1) is 0 Å². The Morgan fingerprint density at radius 2 is 1.80 bits per heavy atom. The molecule has 1 heterocycles. The zero-order chi connectivity index (χ0) is 18.4. The van der Waals surface area contributed by atoms with Gasteiger partial charge in [0, 0.05) is 26.6 Å². The van der Waals surface area contributed by atoms with E-state index in [0.717, 1.165) is 24.8 Å². The Labute approximate surface area is 149 Å². The summed E-state index contributed by atoms with van der Waals surface area (Å²) >= 11 is 0. The first-order valence-corrected chi connectivity index (χ1v) is 8.77. The number of rotatable bonds is 7. The number of ether oxygens (including phenoxy) is 2. The van der Waals surface area contributed by atoms with Gasteiger partial charge in [0.15, 0.2) is 11.5 Å². The minimum atomic E-state index is -0.0504. The van der Waals surface area contributed by atoms with Gasteiger partial charge in [-0.3, -0.25) is 9.59 Å². The molecule has 0 saturated heterocycles. The van der Waals surface area contributed by atoms with Gasteiger partial charge in [-0.05, 0) is 36.1 Å². The second-order valence-corrected chi connectivity index (χ2v) is 6.34. The molecule has 2 rings (SSSR count). The fraction of sp³-hybridized carbons (Fsp3) is 0.579. The highest BCUT2D eigenvalue weighted by atomic mass is 16.5. The molecule has 0 aromatic heterocycles. The summed E-state index contributed by atoms with van der Waals surface area (Å²) in [6, 6.07) is 3.92. The van der Waals surface area contributed by atoms with Crippen molar-refractivity contribution in [2.24, 2.45) is 0 Å². The summed E-state index contributed by atoms with van der Waals surface area (Å²) in [6.07, 6.45) is 2.68. The van der Waals surface area contributed by atoms with E-state index in [0.29, 0.717) is 31.1 Å². The molecule has 1 aliphatic rings. The quantitative estimate of drug-likeness (QED) is 0.758. The number of methoxy groups -OCH3 is 2. The van der Waals surface area contributed by atoms with E-state index in [9.17, 15) is 9.59 Å². The second-order valence-electron chi connectivity index (χ2n) is 6.34. The van der Waals surface area contributed by atoms with Gasteiger partial charge in [-0.25, -0.2) is 0 Å². The van der Waals surface area contributed by atoms with Crippen LogP contribution < -0.4 is 9.47 Å². The molecule has 6 nitrogen and oxygen atoms in total. The standard InChI is InChI=1S/C19H28N2O4/c1-5-6-8-20(14(2)22)13-19(23)21-9-7-15-10-17(24-3)18(25-4)11-16(15)12-21/h10-11H,5-9,12-13H2,1-4H3. The molecule has 0 unspecified atom stereocenters. The number of carbonyl (C=O) groups excluding carboxylic acids is 2.